The monoisotopic (exact) mass is 486 g/mol. The molecule has 1 aliphatic rings. The average molecular weight is 487 g/mol. The largest absolute Gasteiger partial charge is 0.451 e. The van der Waals surface area contributed by atoms with Crippen molar-refractivity contribution in [3.63, 3.8) is 0 Å². The van der Waals surface area contributed by atoms with Crippen molar-refractivity contribution in [2.75, 3.05) is 18.1 Å². The van der Waals surface area contributed by atoms with Crippen molar-refractivity contribution in [1.82, 2.24) is 10.2 Å². The van der Waals surface area contributed by atoms with E-state index in [1.807, 2.05) is 13.8 Å². The molecule has 8 nitrogen and oxygen atoms in total. The van der Waals surface area contributed by atoms with Gasteiger partial charge in [-0.15, -0.1) is 0 Å². The molecule has 1 N–H and O–H groups in total. The number of carbonyl (C=O) groups excluding carboxylic acids is 3. The Morgan fingerprint density at radius 2 is 1.81 bits per heavy atom. The van der Waals surface area contributed by atoms with Crippen LogP contribution in [0.4, 0.5) is 0 Å². The molecular formula is C22H31ClN2O6S. The fourth-order valence-electron chi connectivity index (χ4n) is 3.68. The number of esters is 1. The first-order valence-electron chi connectivity index (χ1n) is 10.7. The van der Waals surface area contributed by atoms with E-state index in [-0.39, 0.29) is 17.4 Å². The number of amides is 2. The molecule has 0 bridgehead atoms. The zero-order chi connectivity index (χ0) is 24.1. The predicted molar refractivity (Wildman–Crippen MR) is 122 cm³/mol. The first-order valence-corrected chi connectivity index (χ1v) is 12.9. The van der Waals surface area contributed by atoms with Crippen LogP contribution in [0, 0.1) is 5.92 Å². The van der Waals surface area contributed by atoms with Crippen LogP contribution in [0.5, 0.6) is 0 Å². The molecule has 0 radical (unpaired) electrons. The highest BCUT2D eigenvalue weighted by molar-refractivity contribution is 7.91. The van der Waals surface area contributed by atoms with Crippen LogP contribution < -0.4 is 5.32 Å². The summed E-state index contributed by atoms with van der Waals surface area (Å²) in [6, 6.07) is 4.91. The second-order valence-corrected chi connectivity index (χ2v) is 11.1. The number of nitrogens with zero attached hydrogens (tertiary/aromatic N) is 1. The first-order chi connectivity index (χ1) is 14.9. The summed E-state index contributed by atoms with van der Waals surface area (Å²) in [5.41, 5.74) is 0.347. The molecule has 3 unspecified atom stereocenters. The van der Waals surface area contributed by atoms with Crippen molar-refractivity contribution >= 4 is 39.2 Å². The van der Waals surface area contributed by atoms with Crippen molar-refractivity contribution < 1.29 is 27.5 Å². The molecule has 0 spiro atoms. The van der Waals surface area contributed by atoms with Gasteiger partial charge < -0.3 is 15.0 Å². The Kier molecular flexibility index (Phi) is 9.09. The van der Waals surface area contributed by atoms with E-state index in [9.17, 15) is 22.8 Å². The molecule has 178 valence electrons. The molecule has 2 rings (SSSR count). The Hall–Kier alpha value is -2.13. The summed E-state index contributed by atoms with van der Waals surface area (Å²) in [7, 11) is -3.16. The predicted octanol–water partition coefficient (Wildman–Crippen LogP) is 2.45. The van der Waals surface area contributed by atoms with E-state index >= 15 is 0 Å². The number of hydrogen-bond acceptors (Lipinski definition) is 6. The van der Waals surface area contributed by atoms with Crippen LogP contribution in [0.15, 0.2) is 24.3 Å². The van der Waals surface area contributed by atoms with Crippen molar-refractivity contribution in [1.29, 1.82) is 0 Å². The standard InChI is InChI=1S/C22H31ClN2O6S/c1-5-25(18-10-11-32(29,30)13-18)21(27)15(4)31-22(28)19(12-14(2)3)24-20(26)16-6-8-17(23)9-7-16/h6-9,14-15,18-19H,5,10-13H2,1-4H3,(H,24,26). The van der Waals surface area contributed by atoms with Gasteiger partial charge in [-0.05, 0) is 56.9 Å². The second-order valence-electron chi connectivity index (χ2n) is 8.42. The van der Waals surface area contributed by atoms with Crippen molar-refractivity contribution in [3.8, 4) is 0 Å². The molecule has 0 aliphatic carbocycles. The van der Waals surface area contributed by atoms with Crippen LogP contribution >= 0.6 is 11.6 Å². The van der Waals surface area contributed by atoms with Crippen molar-refractivity contribution in [3.05, 3.63) is 34.9 Å². The van der Waals surface area contributed by atoms with Gasteiger partial charge in [-0.2, -0.15) is 0 Å². The highest BCUT2D eigenvalue weighted by atomic mass is 35.5. The number of carbonyl (C=O) groups is 3. The summed E-state index contributed by atoms with van der Waals surface area (Å²) < 4.78 is 29.0. The summed E-state index contributed by atoms with van der Waals surface area (Å²) in [5, 5.41) is 3.16. The van der Waals surface area contributed by atoms with Gasteiger partial charge in [-0.25, -0.2) is 13.2 Å². The molecule has 1 fully saturated rings. The summed E-state index contributed by atoms with van der Waals surface area (Å²) in [4.78, 5) is 39.7. The molecule has 1 aromatic rings. The minimum atomic E-state index is -3.16. The minimum Gasteiger partial charge on any atom is -0.451 e. The minimum absolute atomic E-state index is 0.0445. The molecule has 1 aliphatic heterocycles. The molecule has 3 atom stereocenters. The quantitative estimate of drug-likeness (QED) is 0.537. The van der Waals surface area contributed by atoms with Gasteiger partial charge >= 0.3 is 5.97 Å². The lowest BCUT2D eigenvalue weighted by Crippen LogP contribution is -2.49. The van der Waals surface area contributed by atoms with Crippen LogP contribution in [0.25, 0.3) is 0 Å². The molecule has 0 aromatic heterocycles. The maximum Gasteiger partial charge on any atom is 0.329 e. The van der Waals surface area contributed by atoms with E-state index in [1.165, 1.54) is 11.8 Å². The van der Waals surface area contributed by atoms with E-state index in [0.717, 1.165) is 0 Å². The zero-order valence-corrected chi connectivity index (χ0v) is 20.4. The van der Waals surface area contributed by atoms with Gasteiger partial charge in [0.1, 0.15) is 6.04 Å². The Morgan fingerprint density at radius 1 is 1.19 bits per heavy atom. The van der Waals surface area contributed by atoms with Gasteiger partial charge in [0.05, 0.1) is 11.5 Å². The smallest absolute Gasteiger partial charge is 0.329 e. The van der Waals surface area contributed by atoms with Crippen LogP contribution in [-0.4, -0.2) is 67.3 Å². The number of hydrogen-bond donors (Lipinski definition) is 1. The lowest BCUT2D eigenvalue weighted by molar-refractivity contribution is -0.161. The number of rotatable bonds is 9. The van der Waals surface area contributed by atoms with E-state index < -0.39 is 45.8 Å². The van der Waals surface area contributed by atoms with Gasteiger partial charge in [-0.1, -0.05) is 25.4 Å². The van der Waals surface area contributed by atoms with Crippen molar-refractivity contribution in [2.45, 2.75) is 58.7 Å². The Bertz CT molecular complexity index is 932. The van der Waals surface area contributed by atoms with E-state index in [2.05, 4.69) is 5.32 Å². The highest BCUT2D eigenvalue weighted by Crippen LogP contribution is 2.19. The molecular weight excluding hydrogens is 456 g/mol. The van der Waals surface area contributed by atoms with Gasteiger partial charge in [0, 0.05) is 23.2 Å². The molecule has 2 amide bonds. The topological polar surface area (TPSA) is 110 Å². The molecule has 32 heavy (non-hydrogen) atoms. The summed E-state index contributed by atoms with van der Waals surface area (Å²) in [6.45, 7) is 7.33. The number of ether oxygens (including phenoxy) is 1. The van der Waals surface area contributed by atoms with Crippen molar-refractivity contribution in [2.24, 2.45) is 5.92 Å². The lowest BCUT2D eigenvalue weighted by atomic mass is 10.0. The maximum absolute atomic E-state index is 12.9. The lowest BCUT2D eigenvalue weighted by Gasteiger charge is -2.30. The number of halogens is 1. The Balaban J connectivity index is 2.06. The number of benzene rings is 1. The third-order valence-corrected chi connectivity index (χ3v) is 7.32. The Labute approximate surface area is 194 Å². The zero-order valence-electron chi connectivity index (χ0n) is 18.8. The maximum atomic E-state index is 12.9. The molecule has 1 saturated heterocycles. The molecule has 1 aromatic carbocycles. The molecule has 0 saturated carbocycles. The van der Waals surface area contributed by atoms with E-state index in [1.54, 1.807) is 31.2 Å². The van der Waals surface area contributed by atoms with Gasteiger partial charge in [0.2, 0.25) is 0 Å². The van der Waals surface area contributed by atoms with Gasteiger partial charge in [-0.3, -0.25) is 9.59 Å². The SMILES string of the molecule is CCN(C(=O)C(C)OC(=O)C(CC(C)C)NC(=O)c1ccc(Cl)cc1)C1CCS(=O)(=O)C1. The summed E-state index contributed by atoms with van der Waals surface area (Å²) >= 11 is 5.85. The third kappa shape index (κ3) is 7.20. The van der Waals surface area contributed by atoms with E-state index in [4.69, 9.17) is 16.3 Å². The van der Waals surface area contributed by atoms with E-state index in [0.29, 0.717) is 30.0 Å². The fraction of sp³-hybridized carbons (Fsp3) is 0.591. The number of nitrogens with one attached hydrogen (secondary N) is 1. The van der Waals surface area contributed by atoms with Crippen LogP contribution in [0.2, 0.25) is 5.02 Å². The molecule has 1 heterocycles. The molecule has 10 heteroatoms. The number of likely N-dealkylation sites (N-methyl/N-ethyl adjacent to an activating group) is 1. The second kappa shape index (κ2) is 11.1. The third-order valence-electron chi connectivity index (χ3n) is 5.32. The fourth-order valence-corrected chi connectivity index (χ4v) is 5.54. The highest BCUT2D eigenvalue weighted by Gasteiger charge is 2.37. The summed E-state index contributed by atoms with van der Waals surface area (Å²) in [6.07, 6.45) is -0.402. The van der Waals surface area contributed by atoms with Gasteiger partial charge in [0.15, 0.2) is 15.9 Å². The van der Waals surface area contributed by atoms with Gasteiger partial charge in [0.25, 0.3) is 11.8 Å². The van der Waals surface area contributed by atoms with Crippen LogP contribution in [-0.2, 0) is 24.2 Å². The average Bonchev–Trinajstić information content (AvgIpc) is 3.07. The first kappa shape index (κ1) is 26.1. The number of sulfone groups is 1. The van der Waals surface area contributed by atoms with Crippen LogP contribution in [0.3, 0.4) is 0 Å². The normalized spacial score (nSPS) is 19.2. The summed E-state index contributed by atoms with van der Waals surface area (Å²) in [5.74, 6) is -1.56. The Morgan fingerprint density at radius 3 is 2.31 bits per heavy atom. The van der Waals surface area contributed by atoms with Crippen LogP contribution in [0.1, 0.15) is 50.9 Å².